The summed E-state index contributed by atoms with van der Waals surface area (Å²) in [5.74, 6) is 0.555. The second kappa shape index (κ2) is 5.67. The fourth-order valence-electron chi connectivity index (χ4n) is 1.95. The number of hydrogen-bond donors (Lipinski definition) is 2. The number of aryl methyl sites for hydroxylation is 2. The Labute approximate surface area is 119 Å². The number of aromatic nitrogens is 2. The van der Waals surface area contributed by atoms with Gasteiger partial charge in [0.05, 0.1) is 0 Å². The Hall–Kier alpha value is -1.46. The molecule has 100 valence electrons. The molecule has 2 N–H and O–H groups in total. The van der Waals surface area contributed by atoms with Crippen molar-refractivity contribution in [1.82, 2.24) is 9.97 Å². The molecule has 0 spiro atoms. The molecule has 0 saturated carbocycles. The van der Waals surface area contributed by atoms with E-state index in [0.29, 0.717) is 23.5 Å². The zero-order valence-corrected chi connectivity index (χ0v) is 12.4. The fourth-order valence-corrected chi connectivity index (χ4v) is 2.19. The van der Waals surface area contributed by atoms with Crippen molar-refractivity contribution in [3.05, 3.63) is 49.8 Å². The number of nitrogens with zero attached hydrogens (tertiary/aromatic N) is 1. The zero-order valence-electron chi connectivity index (χ0n) is 10.8. The lowest BCUT2D eigenvalue weighted by atomic mass is 10.1. The van der Waals surface area contributed by atoms with Crippen molar-refractivity contribution in [2.45, 2.75) is 20.3 Å². The molecule has 5 heteroatoms. The summed E-state index contributed by atoms with van der Waals surface area (Å²) in [6, 6.07) is 5.80. The molecular weight excluding hydrogens is 308 g/mol. The van der Waals surface area contributed by atoms with Gasteiger partial charge in [0, 0.05) is 34.3 Å². The highest BCUT2D eigenvalue weighted by atomic mass is 79.9. The molecule has 4 nitrogen and oxygen atoms in total. The third-order valence-electron chi connectivity index (χ3n) is 3.02. The molecule has 2 rings (SSSR count). The second-order valence-corrected chi connectivity index (χ2v) is 5.27. The molecule has 0 aliphatic rings. The van der Waals surface area contributed by atoms with E-state index < -0.39 is 0 Å². The van der Waals surface area contributed by atoms with Crippen LogP contribution in [0.5, 0.6) is 0 Å². The third kappa shape index (κ3) is 2.93. The van der Waals surface area contributed by atoms with Crippen LogP contribution in [0, 0.1) is 13.8 Å². The summed E-state index contributed by atoms with van der Waals surface area (Å²) < 4.78 is 1.02. The Bertz CT molecular complexity index is 665. The van der Waals surface area contributed by atoms with E-state index in [0.717, 1.165) is 15.6 Å². The maximum atomic E-state index is 12.0. The number of H-pyrrole nitrogens is 1. The number of hydrogen-bond acceptors (Lipinski definition) is 3. The lowest BCUT2D eigenvalue weighted by Crippen LogP contribution is -2.18. The first-order valence-corrected chi connectivity index (χ1v) is 6.79. The van der Waals surface area contributed by atoms with Gasteiger partial charge >= 0.3 is 0 Å². The lowest BCUT2D eigenvalue weighted by Gasteiger charge is -2.07. The molecule has 0 unspecified atom stereocenters. The summed E-state index contributed by atoms with van der Waals surface area (Å²) in [7, 11) is 0. The lowest BCUT2D eigenvalue weighted by molar-refractivity contribution is 0.298. The number of halogens is 1. The molecule has 0 amide bonds. The van der Waals surface area contributed by atoms with Crippen LogP contribution in [0.1, 0.15) is 16.8 Å². The van der Waals surface area contributed by atoms with Crippen molar-refractivity contribution in [3.8, 4) is 11.4 Å². The van der Waals surface area contributed by atoms with Gasteiger partial charge in [0.25, 0.3) is 5.56 Å². The van der Waals surface area contributed by atoms with Gasteiger partial charge in [-0.05, 0) is 31.5 Å². The number of nitrogens with one attached hydrogen (secondary N) is 1. The molecule has 0 atom stereocenters. The van der Waals surface area contributed by atoms with Crippen molar-refractivity contribution in [2.75, 3.05) is 6.61 Å². The van der Waals surface area contributed by atoms with Crippen LogP contribution in [0.2, 0.25) is 0 Å². The average Bonchev–Trinajstić information content (AvgIpc) is 2.37. The van der Waals surface area contributed by atoms with Gasteiger partial charge in [-0.1, -0.05) is 22.0 Å². The maximum absolute atomic E-state index is 12.0. The van der Waals surface area contributed by atoms with Crippen LogP contribution in [0.4, 0.5) is 0 Å². The van der Waals surface area contributed by atoms with Crippen LogP contribution in [-0.2, 0) is 6.42 Å². The zero-order chi connectivity index (χ0) is 14.0. The first-order chi connectivity index (χ1) is 9.02. The van der Waals surface area contributed by atoms with E-state index in [-0.39, 0.29) is 12.2 Å². The van der Waals surface area contributed by atoms with Crippen LogP contribution < -0.4 is 5.56 Å². The molecule has 1 heterocycles. The van der Waals surface area contributed by atoms with E-state index in [9.17, 15) is 4.79 Å². The van der Waals surface area contributed by atoms with Gasteiger partial charge in [0.1, 0.15) is 5.82 Å². The van der Waals surface area contributed by atoms with Gasteiger partial charge in [-0.25, -0.2) is 4.98 Å². The Balaban J connectivity index is 2.52. The number of aromatic amines is 1. The van der Waals surface area contributed by atoms with Crippen LogP contribution in [0.15, 0.2) is 27.5 Å². The monoisotopic (exact) mass is 322 g/mol. The first-order valence-electron chi connectivity index (χ1n) is 6.00. The second-order valence-electron chi connectivity index (χ2n) is 4.42. The standard InChI is InChI=1S/C14H15BrN2O2/c1-8-7-10(3-4-12(8)15)13-16-9(2)11(5-6-18)14(19)17-13/h3-4,7,18H,5-6H2,1-2H3,(H,16,17,19). The largest absolute Gasteiger partial charge is 0.396 e. The van der Waals surface area contributed by atoms with Gasteiger partial charge < -0.3 is 10.1 Å². The highest BCUT2D eigenvalue weighted by Gasteiger charge is 2.09. The Morgan fingerprint density at radius 1 is 1.37 bits per heavy atom. The Morgan fingerprint density at radius 2 is 2.11 bits per heavy atom. The molecule has 1 aromatic carbocycles. The Kier molecular flexibility index (Phi) is 4.17. The van der Waals surface area contributed by atoms with E-state index in [2.05, 4.69) is 25.9 Å². The van der Waals surface area contributed by atoms with Gasteiger partial charge in [-0.15, -0.1) is 0 Å². The summed E-state index contributed by atoms with van der Waals surface area (Å²) in [5, 5.41) is 8.94. The quantitative estimate of drug-likeness (QED) is 0.911. The van der Waals surface area contributed by atoms with Crippen molar-refractivity contribution in [2.24, 2.45) is 0 Å². The summed E-state index contributed by atoms with van der Waals surface area (Å²) >= 11 is 3.44. The van der Waals surface area contributed by atoms with Gasteiger partial charge in [0.15, 0.2) is 0 Å². The smallest absolute Gasteiger partial charge is 0.254 e. The van der Waals surface area contributed by atoms with E-state index >= 15 is 0 Å². The molecule has 1 aromatic heterocycles. The van der Waals surface area contributed by atoms with E-state index in [1.807, 2.05) is 25.1 Å². The third-order valence-corrected chi connectivity index (χ3v) is 3.91. The minimum Gasteiger partial charge on any atom is -0.396 e. The molecule has 0 aliphatic carbocycles. The van der Waals surface area contributed by atoms with Gasteiger partial charge in [0.2, 0.25) is 0 Å². The number of aliphatic hydroxyl groups excluding tert-OH is 1. The SMILES string of the molecule is Cc1cc(-c2nc(C)c(CCO)c(=O)[nH]2)ccc1Br. The minimum atomic E-state index is -0.183. The van der Waals surface area contributed by atoms with E-state index in [1.54, 1.807) is 6.92 Å². The molecule has 2 aromatic rings. The molecule has 0 saturated heterocycles. The minimum absolute atomic E-state index is 0.0532. The molecule has 0 bridgehead atoms. The van der Waals surface area contributed by atoms with Gasteiger partial charge in [-0.2, -0.15) is 0 Å². The van der Waals surface area contributed by atoms with E-state index in [4.69, 9.17) is 5.11 Å². The molecule has 0 radical (unpaired) electrons. The number of aliphatic hydroxyl groups is 1. The maximum Gasteiger partial charge on any atom is 0.254 e. The molecule has 19 heavy (non-hydrogen) atoms. The fraction of sp³-hybridized carbons (Fsp3) is 0.286. The first kappa shape index (κ1) is 14.0. The summed E-state index contributed by atoms with van der Waals surface area (Å²) in [4.78, 5) is 19.1. The van der Waals surface area contributed by atoms with Crippen LogP contribution in [0.25, 0.3) is 11.4 Å². The molecule has 0 aliphatic heterocycles. The molecular formula is C14H15BrN2O2. The predicted molar refractivity (Wildman–Crippen MR) is 78.3 cm³/mol. The van der Waals surface area contributed by atoms with Gasteiger partial charge in [-0.3, -0.25) is 4.79 Å². The van der Waals surface area contributed by atoms with Crippen molar-refractivity contribution in [1.29, 1.82) is 0 Å². The van der Waals surface area contributed by atoms with Crippen LogP contribution in [0.3, 0.4) is 0 Å². The van der Waals surface area contributed by atoms with Crippen LogP contribution >= 0.6 is 15.9 Å². The van der Waals surface area contributed by atoms with Crippen molar-refractivity contribution < 1.29 is 5.11 Å². The highest BCUT2D eigenvalue weighted by molar-refractivity contribution is 9.10. The Morgan fingerprint density at radius 3 is 2.68 bits per heavy atom. The highest BCUT2D eigenvalue weighted by Crippen LogP contribution is 2.22. The molecule has 0 fully saturated rings. The van der Waals surface area contributed by atoms with Crippen molar-refractivity contribution >= 4 is 15.9 Å². The number of rotatable bonds is 3. The number of benzene rings is 1. The summed E-state index contributed by atoms with van der Waals surface area (Å²) in [6.07, 6.45) is 0.327. The van der Waals surface area contributed by atoms with Crippen LogP contribution in [-0.4, -0.2) is 21.7 Å². The average molecular weight is 323 g/mol. The summed E-state index contributed by atoms with van der Waals surface area (Å²) in [5.41, 5.74) is 2.97. The predicted octanol–water partition coefficient (Wildman–Crippen LogP) is 2.35. The topological polar surface area (TPSA) is 66.0 Å². The van der Waals surface area contributed by atoms with E-state index in [1.165, 1.54) is 0 Å². The normalized spacial score (nSPS) is 10.7. The summed E-state index contributed by atoms with van der Waals surface area (Å²) in [6.45, 7) is 3.72. The van der Waals surface area contributed by atoms with Crippen molar-refractivity contribution in [3.63, 3.8) is 0 Å².